The first-order valence-corrected chi connectivity index (χ1v) is 7.87. The third-order valence-corrected chi connectivity index (χ3v) is 5.05. The first-order valence-electron chi connectivity index (χ1n) is 7.87. The van der Waals surface area contributed by atoms with Gasteiger partial charge < -0.3 is 5.11 Å². The van der Waals surface area contributed by atoms with Crippen LogP contribution in [0, 0.1) is 0 Å². The molecule has 2 heterocycles. The van der Waals surface area contributed by atoms with Crippen LogP contribution in [0.25, 0.3) is 0 Å². The minimum absolute atomic E-state index is 0.0722. The molecule has 6 nitrogen and oxygen atoms in total. The minimum atomic E-state index is -0.963. The Morgan fingerprint density at radius 2 is 2.10 bits per heavy atom. The first-order chi connectivity index (χ1) is 10.0. The standard InChI is InChI=1S/C15H22N2O4/c1-2-6-15(14(20)21)7-3-8-16(15)11-9-12(18)17(13(11)19)10-4-5-10/h10-11H,2-9H2,1H3,(H,20,21). The molecule has 2 atom stereocenters. The van der Waals surface area contributed by atoms with Gasteiger partial charge in [-0.3, -0.25) is 24.2 Å². The summed E-state index contributed by atoms with van der Waals surface area (Å²) < 4.78 is 0. The quantitative estimate of drug-likeness (QED) is 0.765. The number of hydrogen-bond donors (Lipinski definition) is 1. The van der Waals surface area contributed by atoms with Gasteiger partial charge in [-0.2, -0.15) is 0 Å². The van der Waals surface area contributed by atoms with Crippen molar-refractivity contribution in [2.24, 2.45) is 0 Å². The van der Waals surface area contributed by atoms with E-state index in [1.807, 2.05) is 6.92 Å². The number of carbonyl (C=O) groups is 3. The maximum absolute atomic E-state index is 12.6. The second kappa shape index (κ2) is 5.09. The maximum atomic E-state index is 12.6. The Morgan fingerprint density at radius 3 is 2.67 bits per heavy atom. The zero-order valence-electron chi connectivity index (χ0n) is 12.4. The molecule has 2 aliphatic heterocycles. The molecule has 0 bridgehead atoms. The first kappa shape index (κ1) is 14.5. The molecule has 6 heteroatoms. The summed E-state index contributed by atoms with van der Waals surface area (Å²) in [6, 6.07) is -0.494. The third kappa shape index (κ3) is 2.16. The molecule has 21 heavy (non-hydrogen) atoms. The van der Waals surface area contributed by atoms with Gasteiger partial charge in [-0.1, -0.05) is 13.3 Å². The molecular formula is C15H22N2O4. The smallest absolute Gasteiger partial charge is 0.324 e. The fraction of sp³-hybridized carbons (Fsp3) is 0.800. The molecule has 2 unspecified atom stereocenters. The number of carboxylic acid groups (broad SMARTS) is 1. The molecule has 0 aromatic carbocycles. The summed E-state index contributed by atoms with van der Waals surface area (Å²) in [6.07, 6.45) is 4.56. The highest BCUT2D eigenvalue weighted by atomic mass is 16.4. The summed E-state index contributed by atoms with van der Waals surface area (Å²) in [6.45, 7) is 2.55. The average Bonchev–Trinajstić information content (AvgIpc) is 3.09. The number of hydrogen-bond acceptors (Lipinski definition) is 4. The minimum Gasteiger partial charge on any atom is -0.480 e. The normalized spacial score (nSPS) is 34.0. The fourth-order valence-electron chi connectivity index (χ4n) is 3.97. The Hall–Kier alpha value is -1.43. The molecule has 1 N–H and O–H groups in total. The van der Waals surface area contributed by atoms with Crippen molar-refractivity contribution >= 4 is 17.8 Å². The predicted molar refractivity (Wildman–Crippen MR) is 74.5 cm³/mol. The predicted octanol–water partition coefficient (Wildman–Crippen LogP) is 0.996. The molecule has 3 rings (SSSR count). The molecule has 0 spiro atoms. The van der Waals surface area contributed by atoms with Crippen molar-refractivity contribution in [2.75, 3.05) is 6.54 Å². The zero-order valence-corrected chi connectivity index (χ0v) is 12.4. The van der Waals surface area contributed by atoms with E-state index in [4.69, 9.17) is 0 Å². The molecule has 0 aromatic heterocycles. The topological polar surface area (TPSA) is 77.9 Å². The molecule has 116 valence electrons. The lowest BCUT2D eigenvalue weighted by molar-refractivity contribution is -0.153. The monoisotopic (exact) mass is 294 g/mol. The van der Waals surface area contributed by atoms with E-state index in [9.17, 15) is 19.5 Å². The zero-order chi connectivity index (χ0) is 15.2. The van der Waals surface area contributed by atoms with Crippen LogP contribution in [0.2, 0.25) is 0 Å². The number of carboxylic acids is 1. The summed E-state index contributed by atoms with van der Waals surface area (Å²) in [5.41, 5.74) is -0.963. The Labute approximate surface area is 124 Å². The number of amides is 2. The molecule has 2 saturated heterocycles. The summed E-state index contributed by atoms with van der Waals surface area (Å²) in [7, 11) is 0. The molecule has 2 amide bonds. The number of rotatable bonds is 5. The lowest BCUT2D eigenvalue weighted by Gasteiger charge is -2.37. The van der Waals surface area contributed by atoms with Gasteiger partial charge in [-0.25, -0.2) is 0 Å². The van der Waals surface area contributed by atoms with Crippen molar-refractivity contribution in [3.05, 3.63) is 0 Å². The summed E-state index contributed by atoms with van der Waals surface area (Å²) in [5, 5.41) is 9.71. The molecule has 3 aliphatic rings. The fourth-order valence-corrected chi connectivity index (χ4v) is 3.97. The molecule has 0 radical (unpaired) electrons. The second-order valence-electron chi connectivity index (χ2n) is 6.44. The van der Waals surface area contributed by atoms with Gasteiger partial charge >= 0.3 is 5.97 Å². The lowest BCUT2D eigenvalue weighted by Crippen LogP contribution is -2.56. The average molecular weight is 294 g/mol. The number of likely N-dealkylation sites (tertiary alicyclic amines) is 2. The van der Waals surface area contributed by atoms with E-state index in [-0.39, 0.29) is 24.3 Å². The van der Waals surface area contributed by atoms with E-state index >= 15 is 0 Å². The van der Waals surface area contributed by atoms with Crippen molar-refractivity contribution in [3.63, 3.8) is 0 Å². The van der Waals surface area contributed by atoms with E-state index in [0.717, 1.165) is 25.7 Å². The third-order valence-electron chi connectivity index (χ3n) is 5.05. The van der Waals surface area contributed by atoms with Crippen LogP contribution in [0.1, 0.15) is 51.9 Å². The second-order valence-corrected chi connectivity index (χ2v) is 6.44. The van der Waals surface area contributed by atoms with E-state index in [1.54, 1.807) is 4.90 Å². The van der Waals surface area contributed by atoms with Crippen LogP contribution >= 0.6 is 0 Å². The number of nitrogens with zero attached hydrogens (tertiary/aromatic N) is 2. The van der Waals surface area contributed by atoms with Crippen LogP contribution < -0.4 is 0 Å². The highest BCUT2D eigenvalue weighted by Gasteiger charge is 2.56. The van der Waals surface area contributed by atoms with Crippen molar-refractivity contribution in [1.82, 2.24) is 9.80 Å². The Kier molecular flexibility index (Phi) is 3.51. The van der Waals surface area contributed by atoms with Crippen molar-refractivity contribution in [3.8, 4) is 0 Å². The Morgan fingerprint density at radius 1 is 1.38 bits per heavy atom. The number of imide groups is 1. The van der Waals surface area contributed by atoms with Gasteiger partial charge in [-0.15, -0.1) is 0 Å². The molecule has 0 aromatic rings. The molecule has 1 saturated carbocycles. The van der Waals surface area contributed by atoms with Gasteiger partial charge in [0.25, 0.3) is 0 Å². The largest absolute Gasteiger partial charge is 0.480 e. The van der Waals surface area contributed by atoms with Crippen molar-refractivity contribution < 1.29 is 19.5 Å². The van der Waals surface area contributed by atoms with E-state index < -0.39 is 17.6 Å². The molecule has 3 fully saturated rings. The van der Waals surface area contributed by atoms with Crippen LogP contribution in [-0.2, 0) is 14.4 Å². The summed E-state index contributed by atoms with van der Waals surface area (Å²) in [4.78, 5) is 39.7. The van der Waals surface area contributed by atoms with Gasteiger partial charge in [0.05, 0.1) is 12.5 Å². The van der Waals surface area contributed by atoms with Gasteiger partial charge in [-0.05, 0) is 32.1 Å². The SMILES string of the molecule is CCCC1(C(=O)O)CCCN1C1CC(=O)N(C2CC2)C1=O. The Bertz CT molecular complexity index is 488. The van der Waals surface area contributed by atoms with E-state index in [0.29, 0.717) is 19.4 Å². The lowest BCUT2D eigenvalue weighted by atomic mass is 9.89. The van der Waals surface area contributed by atoms with Crippen LogP contribution in [0.15, 0.2) is 0 Å². The van der Waals surface area contributed by atoms with E-state index in [2.05, 4.69) is 0 Å². The highest BCUT2D eigenvalue weighted by Crippen LogP contribution is 2.40. The van der Waals surface area contributed by atoms with E-state index in [1.165, 1.54) is 4.90 Å². The van der Waals surface area contributed by atoms with Crippen LogP contribution in [0.3, 0.4) is 0 Å². The maximum Gasteiger partial charge on any atom is 0.324 e. The Balaban J connectivity index is 1.86. The molecule has 1 aliphatic carbocycles. The number of carbonyl (C=O) groups excluding carboxylic acids is 2. The summed E-state index contributed by atoms with van der Waals surface area (Å²) in [5.74, 6) is -1.16. The van der Waals surface area contributed by atoms with Crippen molar-refractivity contribution in [1.29, 1.82) is 0 Å². The van der Waals surface area contributed by atoms with Crippen molar-refractivity contribution in [2.45, 2.75) is 69.5 Å². The van der Waals surface area contributed by atoms with Gasteiger partial charge in [0.1, 0.15) is 5.54 Å². The van der Waals surface area contributed by atoms with Crippen LogP contribution in [-0.4, -0.2) is 56.9 Å². The summed E-state index contributed by atoms with van der Waals surface area (Å²) >= 11 is 0. The highest BCUT2D eigenvalue weighted by molar-refractivity contribution is 6.06. The van der Waals surface area contributed by atoms with Crippen LogP contribution in [0.4, 0.5) is 0 Å². The van der Waals surface area contributed by atoms with Gasteiger partial charge in [0.15, 0.2) is 0 Å². The van der Waals surface area contributed by atoms with Crippen LogP contribution in [0.5, 0.6) is 0 Å². The van der Waals surface area contributed by atoms with Gasteiger partial charge in [0, 0.05) is 12.6 Å². The molecular weight excluding hydrogens is 272 g/mol. The number of aliphatic carboxylic acids is 1. The van der Waals surface area contributed by atoms with Gasteiger partial charge in [0.2, 0.25) is 11.8 Å².